The zero-order chi connectivity index (χ0) is 14.2. The molecule has 1 heteroatoms. The van der Waals surface area contributed by atoms with Crippen LogP contribution in [0.3, 0.4) is 0 Å². The molecule has 0 bridgehead atoms. The molecule has 0 amide bonds. The Hall–Kier alpha value is -0.157. The molecule has 0 nitrogen and oxygen atoms in total. The summed E-state index contributed by atoms with van der Waals surface area (Å²) < 4.78 is 1.05. The first-order valence-electron chi connectivity index (χ1n) is 8.12. The van der Waals surface area contributed by atoms with Gasteiger partial charge in [-0.05, 0) is 0 Å². The van der Waals surface area contributed by atoms with Crippen molar-refractivity contribution in [2.24, 2.45) is 11.8 Å². The molecule has 1 saturated carbocycles. The van der Waals surface area contributed by atoms with Gasteiger partial charge in [-0.15, -0.1) is 0 Å². The minimum atomic E-state index is -0.563. The van der Waals surface area contributed by atoms with E-state index >= 15 is 0 Å². The van der Waals surface area contributed by atoms with E-state index in [4.69, 9.17) is 0 Å². The van der Waals surface area contributed by atoms with Crippen molar-refractivity contribution in [1.82, 2.24) is 0 Å². The molecule has 0 saturated heterocycles. The van der Waals surface area contributed by atoms with E-state index in [-0.39, 0.29) is 0 Å². The van der Waals surface area contributed by atoms with Crippen molar-refractivity contribution < 1.29 is 23.2 Å². The van der Waals surface area contributed by atoms with Gasteiger partial charge in [-0.25, -0.2) is 0 Å². The SMILES string of the molecule is CCC[C]1([Zr][C]2(C)CC(C)C3CC=CC=C32)C=CC=C1. The summed E-state index contributed by atoms with van der Waals surface area (Å²) >= 11 is -0.563. The second-order valence-electron chi connectivity index (χ2n) is 7.04. The molecule has 0 radical (unpaired) electrons. The van der Waals surface area contributed by atoms with Crippen LogP contribution in [0.2, 0.25) is 6.25 Å². The maximum absolute atomic E-state index is 2.60. The molecule has 0 aromatic heterocycles. The fourth-order valence-electron chi connectivity index (χ4n) is 4.56. The third-order valence-corrected chi connectivity index (χ3v) is 10.5. The summed E-state index contributed by atoms with van der Waals surface area (Å²) in [5, 5.41) is 0. The molecule has 0 aromatic rings. The number of allylic oxidation sites excluding steroid dienone is 8. The van der Waals surface area contributed by atoms with Crippen LogP contribution >= 0.6 is 0 Å². The normalized spacial score (nSPS) is 37.0. The molecule has 3 aliphatic rings. The van der Waals surface area contributed by atoms with Gasteiger partial charge in [0.2, 0.25) is 0 Å². The maximum atomic E-state index is 2.60. The Morgan fingerprint density at radius 3 is 2.70 bits per heavy atom. The van der Waals surface area contributed by atoms with Gasteiger partial charge in [-0.2, -0.15) is 0 Å². The molecule has 0 aliphatic heterocycles. The molecule has 20 heavy (non-hydrogen) atoms. The zero-order valence-electron chi connectivity index (χ0n) is 13.0. The molecule has 0 spiro atoms. The average molecular weight is 346 g/mol. The number of hydrogen-bond acceptors (Lipinski definition) is 0. The Balaban J connectivity index is 1.89. The summed E-state index contributed by atoms with van der Waals surface area (Å²) in [6.45, 7) is 7.42. The summed E-state index contributed by atoms with van der Waals surface area (Å²) in [5.74, 6) is 1.73. The van der Waals surface area contributed by atoms with Crippen LogP contribution in [0, 0.1) is 11.8 Å². The Morgan fingerprint density at radius 2 is 2.00 bits per heavy atom. The topological polar surface area (TPSA) is 0 Å². The van der Waals surface area contributed by atoms with Crippen LogP contribution in [0.4, 0.5) is 0 Å². The van der Waals surface area contributed by atoms with Crippen LogP contribution < -0.4 is 0 Å². The van der Waals surface area contributed by atoms with Gasteiger partial charge in [-0.3, -0.25) is 0 Å². The van der Waals surface area contributed by atoms with Gasteiger partial charge in [0.05, 0.1) is 0 Å². The van der Waals surface area contributed by atoms with Crippen molar-refractivity contribution in [2.45, 2.75) is 52.7 Å². The van der Waals surface area contributed by atoms with Crippen molar-refractivity contribution in [3.05, 3.63) is 48.1 Å². The van der Waals surface area contributed by atoms with E-state index in [0.717, 1.165) is 11.8 Å². The molecule has 3 unspecified atom stereocenters. The summed E-state index contributed by atoms with van der Waals surface area (Å²) in [7, 11) is 0. The molecular formula is C19H26Zr. The Kier molecular flexibility index (Phi) is 4.11. The van der Waals surface area contributed by atoms with Crippen LogP contribution in [0.15, 0.2) is 48.1 Å². The van der Waals surface area contributed by atoms with Crippen molar-refractivity contribution in [3.8, 4) is 0 Å². The van der Waals surface area contributed by atoms with Gasteiger partial charge in [0.25, 0.3) is 0 Å². The molecule has 106 valence electrons. The number of hydrogen-bond donors (Lipinski definition) is 0. The minimum absolute atomic E-state index is 0.490. The molecule has 1 fully saturated rings. The van der Waals surface area contributed by atoms with Crippen molar-refractivity contribution in [2.75, 3.05) is 0 Å². The van der Waals surface area contributed by atoms with Crippen LogP contribution in [-0.2, 0) is 23.2 Å². The average Bonchev–Trinajstić information content (AvgIpc) is 2.96. The van der Waals surface area contributed by atoms with Gasteiger partial charge >= 0.3 is 136 Å². The van der Waals surface area contributed by atoms with Gasteiger partial charge in [0.1, 0.15) is 0 Å². The van der Waals surface area contributed by atoms with Crippen LogP contribution in [-0.4, -0.2) is 0 Å². The number of rotatable bonds is 4. The van der Waals surface area contributed by atoms with E-state index in [1.165, 1.54) is 25.7 Å². The van der Waals surface area contributed by atoms with Crippen molar-refractivity contribution in [1.29, 1.82) is 0 Å². The van der Waals surface area contributed by atoms with E-state index in [0.29, 0.717) is 6.25 Å². The summed E-state index contributed by atoms with van der Waals surface area (Å²) in [6.07, 6.45) is 22.2. The summed E-state index contributed by atoms with van der Waals surface area (Å²) in [4.78, 5) is 0. The first-order chi connectivity index (χ1) is 9.59. The van der Waals surface area contributed by atoms with Crippen LogP contribution in [0.1, 0.15) is 46.5 Å². The molecule has 0 N–H and O–H groups in total. The molecular weight excluding hydrogens is 319 g/mol. The van der Waals surface area contributed by atoms with Crippen molar-refractivity contribution >= 4 is 0 Å². The second kappa shape index (κ2) is 5.56. The van der Waals surface area contributed by atoms with E-state index in [9.17, 15) is 0 Å². The second-order valence-corrected chi connectivity index (χ2v) is 12.7. The van der Waals surface area contributed by atoms with E-state index in [1.54, 1.807) is 0 Å². The van der Waals surface area contributed by atoms with Crippen LogP contribution in [0.5, 0.6) is 0 Å². The first-order valence-corrected chi connectivity index (χ1v) is 10.6. The summed E-state index contributed by atoms with van der Waals surface area (Å²) in [5.41, 5.74) is 1.81. The molecule has 0 aromatic carbocycles. The van der Waals surface area contributed by atoms with E-state index in [2.05, 4.69) is 63.3 Å². The summed E-state index contributed by atoms with van der Waals surface area (Å²) in [6, 6.07) is 0. The van der Waals surface area contributed by atoms with Crippen LogP contribution in [0.25, 0.3) is 0 Å². The fourth-order valence-corrected chi connectivity index (χ4v) is 10.9. The third kappa shape index (κ3) is 2.52. The van der Waals surface area contributed by atoms with E-state index in [1.807, 2.05) is 5.57 Å². The predicted octanol–water partition coefficient (Wildman–Crippen LogP) is 5.87. The zero-order valence-corrected chi connectivity index (χ0v) is 15.5. The Morgan fingerprint density at radius 1 is 1.25 bits per heavy atom. The Bertz CT molecular complexity index is 482. The molecule has 3 atom stereocenters. The van der Waals surface area contributed by atoms with E-state index < -0.39 is 23.2 Å². The monoisotopic (exact) mass is 344 g/mol. The standard InChI is InChI=1S/C11H15.C8H11.Zr/c1-8-7-9(2)11-6-4-3-5-10(8)11;1-2-5-8-6-3-4-7-8;/h3-5,9,11H,6-7H2,1-2H3;3-4,6-7H,2,5H2,1H3;. The molecule has 0 heterocycles. The van der Waals surface area contributed by atoms with Gasteiger partial charge in [0.15, 0.2) is 0 Å². The Labute approximate surface area is 135 Å². The van der Waals surface area contributed by atoms with Gasteiger partial charge in [-0.1, -0.05) is 0 Å². The van der Waals surface area contributed by atoms with Crippen molar-refractivity contribution in [3.63, 3.8) is 0 Å². The molecule has 3 rings (SSSR count). The predicted molar refractivity (Wildman–Crippen MR) is 83.4 cm³/mol. The fraction of sp³-hybridized carbons (Fsp3) is 0.579. The molecule has 3 aliphatic carbocycles. The van der Waals surface area contributed by atoms with Gasteiger partial charge < -0.3 is 0 Å². The quantitative estimate of drug-likeness (QED) is 0.597. The number of fused-ring (bicyclic) bond motifs is 1. The first kappa shape index (κ1) is 14.8. The van der Waals surface area contributed by atoms with Gasteiger partial charge in [0, 0.05) is 0 Å². The third-order valence-electron chi connectivity index (χ3n) is 5.33.